The van der Waals surface area contributed by atoms with E-state index in [9.17, 15) is 0 Å². The molecule has 0 nitrogen and oxygen atoms in total. The maximum absolute atomic E-state index is 3.45. The molecule has 0 aromatic heterocycles. The standard InChI is InChI=1S/C15H13.C6H14Si.C5H5.Zr/c1-10-3-5-14-12(7-10)9-13-8-11(2)4-6-15(13)14;1-3-5-7-6-4-2;1-2-4-5-3-1;/h3-7H,9H2,1-2H3;3-6H2,1-2H3;1-3H,4H2;/q-1;;-1;+2. The van der Waals surface area contributed by atoms with Gasteiger partial charge in [0.05, 0.1) is 0 Å². The number of allylic oxidation sites excluding steroid dienone is 4. The Kier molecular flexibility index (Phi) is 10.4. The van der Waals surface area contributed by atoms with Gasteiger partial charge in [0.15, 0.2) is 0 Å². The third-order valence-electron chi connectivity index (χ3n) is 4.78. The molecular weight excluding hydrogens is 432 g/mol. The SMILES string of the molecule is CCC[Si](=[Zr+2])CCC.Cc1[c-]c2c(cc1)-c1ccc(C)cc1C2.[C-]1=CC=CC1. The molecule has 0 amide bonds. The van der Waals surface area contributed by atoms with Crippen molar-refractivity contribution in [3.8, 4) is 11.1 Å². The third kappa shape index (κ3) is 7.45. The molecule has 0 fully saturated rings. The number of aryl methyl sites for hydroxylation is 2. The first-order chi connectivity index (χ1) is 13.5. The minimum Gasteiger partial charge on any atom is -0.273 e. The zero-order chi connectivity index (χ0) is 20.4. The fraction of sp³-hybridized carbons (Fsp3) is 0.385. The summed E-state index contributed by atoms with van der Waals surface area (Å²) in [5, 5.41) is 0. The van der Waals surface area contributed by atoms with Crippen molar-refractivity contribution in [3.05, 3.63) is 83.0 Å². The van der Waals surface area contributed by atoms with Gasteiger partial charge in [-0.3, -0.25) is 6.08 Å². The Hall–Kier alpha value is -0.980. The first-order valence-corrected chi connectivity index (χ1v) is 16.0. The Morgan fingerprint density at radius 3 is 2.29 bits per heavy atom. The summed E-state index contributed by atoms with van der Waals surface area (Å²) in [5.41, 5.74) is 8.35. The topological polar surface area (TPSA) is 0 Å². The van der Waals surface area contributed by atoms with Crippen molar-refractivity contribution >= 4 is 5.43 Å². The fourth-order valence-electron chi connectivity index (χ4n) is 3.44. The second kappa shape index (κ2) is 12.6. The summed E-state index contributed by atoms with van der Waals surface area (Å²) in [5.74, 6) is 0. The Morgan fingerprint density at radius 1 is 1.00 bits per heavy atom. The predicted molar refractivity (Wildman–Crippen MR) is 121 cm³/mol. The van der Waals surface area contributed by atoms with Crippen molar-refractivity contribution in [1.29, 1.82) is 0 Å². The van der Waals surface area contributed by atoms with Crippen LogP contribution in [-0.4, -0.2) is 5.43 Å². The Bertz CT molecular complexity index is 778. The third-order valence-corrected chi connectivity index (χ3v) is 10.7. The minimum absolute atomic E-state index is 0.199. The Balaban J connectivity index is 0.000000181. The van der Waals surface area contributed by atoms with Crippen molar-refractivity contribution in [1.82, 2.24) is 0 Å². The molecule has 0 unspecified atom stereocenters. The molecule has 144 valence electrons. The molecule has 0 N–H and O–H groups in total. The molecule has 0 atom stereocenters. The fourth-order valence-corrected chi connectivity index (χ4v) is 8.58. The molecule has 0 bridgehead atoms. The van der Waals surface area contributed by atoms with Crippen LogP contribution >= 0.6 is 0 Å². The van der Waals surface area contributed by atoms with Crippen molar-refractivity contribution in [2.45, 2.75) is 65.5 Å². The van der Waals surface area contributed by atoms with Crippen molar-refractivity contribution in [3.63, 3.8) is 0 Å². The molecule has 0 saturated carbocycles. The van der Waals surface area contributed by atoms with E-state index in [0.717, 1.165) is 12.8 Å². The molecule has 4 rings (SSSR count). The van der Waals surface area contributed by atoms with E-state index in [1.54, 1.807) is 12.1 Å². The van der Waals surface area contributed by atoms with Gasteiger partial charge in [0.25, 0.3) is 0 Å². The maximum atomic E-state index is 3.45. The monoisotopic (exact) mass is 462 g/mol. The van der Waals surface area contributed by atoms with Gasteiger partial charge in [-0.25, -0.2) is 12.2 Å². The molecule has 2 aliphatic rings. The van der Waals surface area contributed by atoms with Gasteiger partial charge in [0, 0.05) is 0 Å². The first kappa shape index (κ1) is 23.3. The predicted octanol–water partition coefficient (Wildman–Crippen LogP) is 7.33. The smallest absolute Gasteiger partial charge is 0.0253 e. The zero-order valence-corrected chi connectivity index (χ0v) is 21.3. The summed E-state index contributed by atoms with van der Waals surface area (Å²) in [6, 6.07) is 17.6. The molecule has 2 aliphatic carbocycles. The molecule has 0 spiro atoms. The Labute approximate surface area is 187 Å². The van der Waals surface area contributed by atoms with E-state index < -0.39 is 0 Å². The van der Waals surface area contributed by atoms with Crippen molar-refractivity contribution in [2.24, 2.45) is 0 Å². The van der Waals surface area contributed by atoms with Crippen LogP contribution in [0, 0.1) is 26.0 Å². The second-order valence-corrected chi connectivity index (χ2v) is 14.9. The number of hydrogen-bond acceptors (Lipinski definition) is 0. The molecule has 2 heteroatoms. The van der Waals surface area contributed by atoms with Crippen LogP contribution in [0.4, 0.5) is 0 Å². The molecule has 2 aromatic carbocycles. The first-order valence-electron chi connectivity index (χ1n) is 10.4. The second-order valence-electron chi connectivity index (χ2n) is 7.48. The van der Waals surface area contributed by atoms with Crippen LogP contribution in [0.3, 0.4) is 0 Å². The van der Waals surface area contributed by atoms with Crippen molar-refractivity contribution in [2.75, 3.05) is 0 Å². The Morgan fingerprint density at radius 2 is 1.71 bits per heavy atom. The van der Waals surface area contributed by atoms with Crippen LogP contribution in [-0.2, 0) is 29.8 Å². The van der Waals surface area contributed by atoms with Gasteiger partial charge in [-0.2, -0.15) is 29.8 Å². The van der Waals surface area contributed by atoms with Gasteiger partial charge in [0.1, 0.15) is 0 Å². The summed E-state index contributed by atoms with van der Waals surface area (Å²) in [7, 11) is 0. The van der Waals surface area contributed by atoms with Gasteiger partial charge >= 0.3 is 67.5 Å². The molecule has 2 aromatic rings. The number of benzene rings is 2. The maximum Gasteiger partial charge on any atom is -0.0253 e. The summed E-state index contributed by atoms with van der Waals surface area (Å²) >= 11 is 1.84. The molecule has 0 radical (unpaired) electrons. The van der Waals surface area contributed by atoms with E-state index in [1.165, 1.54) is 46.2 Å². The van der Waals surface area contributed by atoms with Crippen LogP contribution in [0.5, 0.6) is 0 Å². The van der Waals surface area contributed by atoms with Crippen LogP contribution < -0.4 is 0 Å². The van der Waals surface area contributed by atoms with Crippen molar-refractivity contribution < 1.29 is 23.3 Å². The van der Waals surface area contributed by atoms with E-state index in [2.05, 4.69) is 76.2 Å². The van der Waals surface area contributed by atoms with Gasteiger partial charge < -0.3 is 0 Å². The molecule has 0 aliphatic heterocycles. The van der Waals surface area contributed by atoms with Crippen LogP contribution in [0.15, 0.2) is 48.6 Å². The quantitative estimate of drug-likeness (QED) is 0.281. The van der Waals surface area contributed by atoms with Gasteiger partial charge in [0.2, 0.25) is 0 Å². The average molecular weight is 464 g/mol. The van der Waals surface area contributed by atoms with Gasteiger partial charge in [-0.05, 0) is 18.9 Å². The van der Waals surface area contributed by atoms with Gasteiger partial charge in [-0.1, -0.05) is 36.2 Å². The van der Waals surface area contributed by atoms with Crippen LogP contribution in [0.25, 0.3) is 11.1 Å². The molecule has 0 heterocycles. The molecular formula is C26H32SiZr. The van der Waals surface area contributed by atoms with E-state index in [1.807, 2.05) is 35.5 Å². The summed E-state index contributed by atoms with van der Waals surface area (Å²) in [6.07, 6.45) is 13.9. The van der Waals surface area contributed by atoms with E-state index in [0.29, 0.717) is 0 Å². The number of rotatable bonds is 4. The normalized spacial score (nSPS) is 12.5. The van der Waals surface area contributed by atoms with Crippen LogP contribution in [0.1, 0.15) is 55.4 Å². The average Bonchev–Trinajstić information content (AvgIpc) is 3.33. The molecule has 28 heavy (non-hydrogen) atoms. The van der Waals surface area contributed by atoms with E-state index in [-0.39, 0.29) is 5.43 Å². The summed E-state index contributed by atoms with van der Waals surface area (Å²) in [6.45, 7) is 8.85. The van der Waals surface area contributed by atoms with E-state index in [4.69, 9.17) is 0 Å². The van der Waals surface area contributed by atoms with E-state index >= 15 is 0 Å². The number of hydrogen-bond donors (Lipinski definition) is 0. The number of fused-ring (bicyclic) bond motifs is 3. The van der Waals surface area contributed by atoms with Crippen LogP contribution in [0.2, 0.25) is 12.1 Å². The van der Waals surface area contributed by atoms with Gasteiger partial charge in [-0.15, -0.1) is 17.5 Å². The summed E-state index contributed by atoms with van der Waals surface area (Å²) in [4.78, 5) is 0. The summed E-state index contributed by atoms with van der Waals surface area (Å²) < 4.78 is 0. The minimum atomic E-state index is 0.199. The zero-order valence-electron chi connectivity index (χ0n) is 17.9. The molecule has 0 saturated heterocycles. The largest absolute Gasteiger partial charge is 0.273 e.